The molecule has 6 heteroatoms. The second kappa shape index (κ2) is 6.86. The van der Waals surface area contributed by atoms with Crippen molar-refractivity contribution in [3.8, 4) is 0 Å². The van der Waals surface area contributed by atoms with Crippen LogP contribution in [0.5, 0.6) is 0 Å². The van der Waals surface area contributed by atoms with Crippen molar-refractivity contribution in [2.75, 3.05) is 0 Å². The molecule has 0 spiro atoms. The van der Waals surface area contributed by atoms with Crippen LogP contribution in [-0.2, 0) is 4.79 Å². The zero-order chi connectivity index (χ0) is 14.5. The topological polar surface area (TPSA) is 80.9 Å². The third kappa shape index (κ3) is 5.16. The monoisotopic (exact) mass is 282 g/mol. The molecule has 0 radical (unpaired) electrons. The predicted octanol–water partition coefficient (Wildman–Crippen LogP) is 1.59. The summed E-state index contributed by atoms with van der Waals surface area (Å²) in [6.07, 6.45) is 4.05. The second-order valence-electron chi connectivity index (χ2n) is 5.16. The number of hydrogen-bond acceptors (Lipinski definition) is 5. The number of amides is 1. The van der Waals surface area contributed by atoms with Gasteiger partial charge in [-0.25, -0.2) is 9.97 Å². The van der Waals surface area contributed by atoms with E-state index in [1.54, 1.807) is 30.2 Å². The summed E-state index contributed by atoms with van der Waals surface area (Å²) in [4.78, 5) is 20.0. The van der Waals surface area contributed by atoms with Gasteiger partial charge in [-0.05, 0) is 33.3 Å². The van der Waals surface area contributed by atoms with Crippen LogP contribution in [0, 0.1) is 0 Å². The van der Waals surface area contributed by atoms with Crippen molar-refractivity contribution in [1.29, 1.82) is 0 Å². The van der Waals surface area contributed by atoms with Crippen molar-refractivity contribution in [3.63, 3.8) is 0 Å². The fourth-order valence-electron chi connectivity index (χ4n) is 2.01. The average Bonchev–Trinajstić information content (AvgIpc) is 2.28. The number of nitrogens with two attached hydrogens (primary N) is 1. The SMILES string of the molecule is CC(C)NC(C)(CC(C)Sc1ncccn1)C(N)=O. The van der Waals surface area contributed by atoms with Crippen LogP contribution >= 0.6 is 11.8 Å². The van der Waals surface area contributed by atoms with Gasteiger partial charge in [-0.15, -0.1) is 0 Å². The Labute approximate surface area is 118 Å². The molecule has 0 aliphatic carbocycles. The lowest BCUT2D eigenvalue weighted by molar-refractivity contribution is -0.124. The van der Waals surface area contributed by atoms with Crippen LogP contribution in [0.4, 0.5) is 0 Å². The maximum absolute atomic E-state index is 11.7. The Morgan fingerprint density at radius 2 is 2.00 bits per heavy atom. The highest BCUT2D eigenvalue weighted by molar-refractivity contribution is 7.99. The largest absolute Gasteiger partial charge is 0.368 e. The molecule has 0 saturated carbocycles. The Morgan fingerprint density at radius 3 is 2.47 bits per heavy atom. The molecule has 1 aromatic heterocycles. The van der Waals surface area contributed by atoms with Gasteiger partial charge in [0.2, 0.25) is 5.91 Å². The molecular weight excluding hydrogens is 260 g/mol. The number of primary amides is 1. The summed E-state index contributed by atoms with van der Waals surface area (Å²) in [5, 5.41) is 4.14. The normalized spacial score (nSPS) is 16.1. The number of rotatable bonds is 7. The first-order valence-electron chi connectivity index (χ1n) is 6.35. The number of nitrogens with one attached hydrogen (secondary N) is 1. The van der Waals surface area contributed by atoms with Crippen molar-refractivity contribution in [3.05, 3.63) is 18.5 Å². The molecule has 0 aliphatic heterocycles. The lowest BCUT2D eigenvalue weighted by atomic mass is 9.94. The maximum atomic E-state index is 11.7. The molecule has 5 nitrogen and oxygen atoms in total. The minimum atomic E-state index is -0.713. The molecule has 1 amide bonds. The molecule has 0 fully saturated rings. The van der Waals surface area contributed by atoms with Gasteiger partial charge in [-0.1, -0.05) is 18.7 Å². The van der Waals surface area contributed by atoms with Gasteiger partial charge < -0.3 is 11.1 Å². The van der Waals surface area contributed by atoms with Crippen LogP contribution in [0.3, 0.4) is 0 Å². The van der Waals surface area contributed by atoms with E-state index in [0.717, 1.165) is 0 Å². The van der Waals surface area contributed by atoms with Gasteiger partial charge >= 0.3 is 0 Å². The van der Waals surface area contributed by atoms with Gasteiger partial charge in [-0.3, -0.25) is 4.79 Å². The van der Waals surface area contributed by atoms with Crippen molar-refractivity contribution in [1.82, 2.24) is 15.3 Å². The van der Waals surface area contributed by atoms with Crippen LogP contribution in [0.25, 0.3) is 0 Å². The van der Waals surface area contributed by atoms with Crippen LogP contribution in [0.2, 0.25) is 0 Å². The van der Waals surface area contributed by atoms with Gasteiger partial charge in [0.1, 0.15) is 0 Å². The van der Waals surface area contributed by atoms with E-state index in [1.807, 2.05) is 27.7 Å². The molecule has 0 aliphatic rings. The number of aromatic nitrogens is 2. The summed E-state index contributed by atoms with van der Waals surface area (Å²) in [5.74, 6) is -0.331. The fraction of sp³-hybridized carbons (Fsp3) is 0.615. The van der Waals surface area contributed by atoms with Crippen LogP contribution in [0.15, 0.2) is 23.6 Å². The minimum Gasteiger partial charge on any atom is -0.368 e. The quantitative estimate of drug-likeness (QED) is 0.586. The third-order valence-electron chi connectivity index (χ3n) is 2.70. The number of nitrogens with zero attached hydrogens (tertiary/aromatic N) is 2. The smallest absolute Gasteiger partial charge is 0.237 e. The molecule has 19 heavy (non-hydrogen) atoms. The first-order chi connectivity index (χ1) is 8.83. The first kappa shape index (κ1) is 15.9. The van der Waals surface area contributed by atoms with E-state index in [2.05, 4.69) is 15.3 Å². The predicted molar refractivity (Wildman–Crippen MR) is 77.8 cm³/mol. The Morgan fingerprint density at radius 1 is 1.42 bits per heavy atom. The van der Waals surface area contributed by atoms with Gasteiger partial charge in [0.15, 0.2) is 5.16 Å². The Balaban J connectivity index is 2.66. The third-order valence-corrected chi connectivity index (χ3v) is 3.69. The van der Waals surface area contributed by atoms with Crippen molar-refractivity contribution in [2.24, 2.45) is 5.73 Å². The van der Waals surface area contributed by atoms with Crippen LogP contribution < -0.4 is 11.1 Å². The van der Waals surface area contributed by atoms with Crippen LogP contribution in [-0.4, -0.2) is 32.7 Å². The number of carbonyl (C=O) groups is 1. The number of thioether (sulfide) groups is 1. The summed E-state index contributed by atoms with van der Waals surface area (Å²) in [7, 11) is 0. The zero-order valence-corrected chi connectivity index (χ0v) is 12.7. The van der Waals surface area contributed by atoms with E-state index in [4.69, 9.17) is 5.73 Å². The summed E-state index contributed by atoms with van der Waals surface area (Å²) in [5.41, 5.74) is 4.81. The Kier molecular flexibility index (Phi) is 5.75. The summed E-state index contributed by atoms with van der Waals surface area (Å²) in [6.45, 7) is 7.89. The molecule has 1 rings (SSSR count). The molecule has 0 bridgehead atoms. The van der Waals surface area contributed by atoms with E-state index >= 15 is 0 Å². The molecule has 2 atom stereocenters. The molecule has 1 heterocycles. The van der Waals surface area contributed by atoms with E-state index < -0.39 is 5.54 Å². The lowest BCUT2D eigenvalue weighted by Crippen LogP contribution is -2.56. The molecule has 106 valence electrons. The second-order valence-corrected chi connectivity index (χ2v) is 6.56. The molecule has 0 saturated heterocycles. The number of hydrogen-bond donors (Lipinski definition) is 2. The van der Waals surface area contributed by atoms with E-state index in [-0.39, 0.29) is 17.2 Å². The molecule has 3 N–H and O–H groups in total. The fourth-order valence-corrected chi connectivity index (χ4v) is 3.03. The van der Waals surface area contributed by atoms with Gasteiger partial charge in [-0.2, -0.15) is 0 Å². The summed E-state index contributed by atoms with van der Waals surface area (Å²) in [6, 6.07) is 1.98. The molecule has 1 aromatic rings. The highest BCUT2D eigenvalue weighted by Crippen LogP contribution is 2.26. The highest BCUT2D eigenvalue weighted by Gasteiger charge is 2.33. The van der Waals surface area contributed by atoms with Crippen molar-refractivity contribution >= 4 is 17.7 Å². The van der Waals surface area contributed by atoms with E-state index in [9.17, 15) is 4.79 Å². The van der Waals surface area contributed by atoms with Gasteiger partial charge in [0.05, 0.1) is 5.54 Å². The summed E-state index contributed by atoms with van der Waals surface area (Å²) >= 11 is 1.54. The van der Waals surface area contributed by atoms with E-state index in [0.29, 0.717) is 11.6 Å². The first-order valence-corrected chi connectivity index (χ1v) is 7.23. The standard InChI is InChI=1S/C13H22N4OS/c1-9(2)17-13(4,11(14)18)8-10(3)19-12-15-6-5-7-16-12/h5-7,9-10,17H,8H2,1-4H3,(H2,14,18). The minimum absolute atomic E-state index is 0.186. The Bertz CT molecular complexity index is 412. The molecule has 0 aromatic carbocycles. The Hall–Kier alpha value is -1.14. The van der Waals surface area contributed by atoms with Gasteiger partial charge in [0, 0.05) is 23.7 Å². The number of carbonyl (C=O) groups excluding carboxylic acids is 1. The van der Waals surface area contributed by atoms with Crippen LogP contribution in [0.1, 0.15) is 34.1 Å². The summed E-state index contributed by atoms with van der Waals surface area (Å²) < 4.78 is 0. The zero-order valence-electron chi connectivity index (χ0n) is 11.9. The van der Waals surface area contributed by atoms with Crippen molar-refractivity contribution in [2.45, 2.75) is 56.1 Å². The molecule has 2 unspecified atom stereocenters. The van der Waals surface area contributed by atoms with E-state index in [1.165, 1.54) is 0 Å². The lowest BCUT2D eigenvalue weighted by Gasteiger charge is -2.31. The maximum Gasteiger partial charge on any atom is 0.237 e. The highest BCUT2D eigenvalue weighted by atomic mass is 32.2. The average molecular weight is 282 g/mol. The van der Waals surface area contributed by atoms with Gasteiger partial charge in [0.25, 0.3) is 0 Å². The molecular formula is C13H22N4OS. The van der Waals surface area contributed by atoms with Crippen molar-refractivity contribution < 1.29 is 4.79 Å².